The molecular weight excluding hydrogens is 212 g/mol. The lowest BCUT2D eigenvalue weighted by Gasteiger charge is -2.10. The Morgan fingerprint density at radius 2 is 1.73 bits per heavy atom. The minimum absolute atomic E-state index is 0.310. The van der Waals surface area contributed by atoms with Crippen LogP contribution >= 0.6 is 11.6 Å². The van der Waals surface area contributed by atoms with E-state index in [2.05, 4.69) is 0 Å². The molecule has 3 nitrogen and oxygen atoms in total. The van der Waals surface area contributed by atoms with Crippen molar-refractivity contribution in [3.05, 3.63) is 34.9 Å². The summed E-state index contributed by atoms with van der Waals surface area (Å²) in [6.07, 6.45) is 0. The van der Waals surface area contributed by atoms with Gasteiger partial charge in [-0.1, -0.05) is 11.6 Å². The molecule has 15 heavy (non-hydrogen) atoms. The molecule has 1 rings (SSSR count). The van der Waals surface area contributed by atoms with Crippen molar-refractivity contribution in [2.45, 2.75) is 6.92 Å². The van der Waals surface area contributed by atoms with Crippen LogP contribution in [0.1, 0.15) is 17.3 Å². The maximum atomic E-state index is 11.8. The summed E-state index contributed by atoms with van der Waals surface area (Å²) in [5.74, 6) is -0.510. The topological polar surface area (TPSA) is 64.7 Å². The Kier molecular flexibility index (Phi) is 3.09. The fourth-order valence-corrected chi connectivity index (χ4v) is 1.14. The van der Waals surface area contributed by atoms with Crippen LogP contribution in [-0.2, 0) is 0 Å². The van der Waals surface area contributed by atoms with Gasteiger partial charge >= 0.3 is 0 Å². The molecule has 0 atom stereocenters. The molecule has 0 fully saturated rings. The van der Waals surface area contributed by atoms with E-state index >= 15 is 0 Å². The summed E-state index contributed by atoms with van der Waals surface area (Å²) in [6.45, 7) is 1.30. The predicted molar refractivity (Wildman–Crippen MR) is 55.1 cm³/mol. The Labute approximate surface area is 92.5 Å². The van der Waals surface area contributed by atoms with Crippen LogP contribution in [0.5, 0.6) is 0 Å². The summed E-state index contributed by atoms with van der Waals surface area (Å²) in [5, 5.41) is 18.0. The minimum atomic E-state index is -1.63. The molecule has 0 aliphatic heterocycles. The molecule has 0 heterocycles. The summed E-state index contributed by atoms with van der Waals surface area (Å²) in [4.78, 5) is 11.8. The fourth-order valence-electron chi connectivity index (χ4n) is 1.02. The summed E-state index contributed by atoms with van der Waals surface area (Å²) >= 11 is 5.66. The van der Waals surface area contributed by atoms with Gasteiger partial charge in [0.15, 0.2) is 5.78 Å². The number of nitriles is 2. The van der Waals surface area contributed by atoms with Crippen LogP contribution in [0.25, 0.3) is 0 Å². The number of ketones is 1. The maximum Gasteiger partial charge on any atom is 0.203 e. The zero-order chi connectivity index (χ0) is 11.5. The second kappa shape index (κ2) is 4.13. The van der Waals surface area contributed by atoms with Gasteiger partial charge in [0.2, 0.25) is 5.41 Å². The molecule has 0 bridgehead atoms. The highest BCUT2D eigenvalue weighted by Gasteiger charge is 2.33. The quantitative estimate of drug-likeness (QED) is 0.717. The molecule has 0 spiro atoms. The first-order valence-corrected chi connectivity index (χ1v) is 4.54. The van der Waals surface area contributed by atoms with Crippen LogP contribution < -0.4 is 0 Å². The highest BCUT2D eigenvalue weighted by atomic mass is 35.5. The maximum absolute atomic E-state index is 11.8. The number of hydrogen-bond donors (Lipinski definition) is 0. The van der Waals surface area contributed by atoms with Crippen molar-refractivity contribution in [2.75, 3.05) is 0 Å². The zero-order valence-electron chi connectivity index (χ0n) is 7.99. The number of carbonyl (C=O) groups excluding carboxylic acids is 1. The van der Waals surface area contributed by atoms with Gasteiger partial charge < -0.3 is 0 Å². The van der Waals surface area contributed by atoms with Crippen molar-refractivity contribution in [2.24, 2.45) is 5.41 Å². The smallest absolute Gasteiger partial charge is 0.203 e. The van der Waals surface area contributed by atoms with Crippen LogP contribution in [0.3, 0.4) is 0 Å². The lowest BCUT2D eigenvalue weighted by molar-refractivity contribution is 0.0918. The van der Waals surface area contributed by atoms with Crippen molar-refractivity contribution in [3.63, 3.8) is 0 Å². The SMILES string of the molecule is CC(C#N)(C#N)C(=O)c1ccc(Cl)cc1. The number of carbonyl (C=O) groups is 1. The molecule has 0 radical (unpaired) electrons. The number of halogens is 1. The third-order valence-corrected chi connectivity index (χ3v) is 2.26. The van der Waals surface area contributed by atoms with Crippen molar-refractivity contribution >= 4 is 17.4 Å². The van der Waals surface area contributed by atoms with E-state index in [0.717, 1.165) is 0 Å². The van der Waals surface area contributed by atoms with E-state index in [4.69, 9.17) is 22.1 Å². The zero-order valence-corrected chi connectivity index (χ0v) is 8.75. The second-order valence-electron chi connectivity index (χ2n) is 3.18. The normalized spacial score (nSPS) is 10.1. The molecule has 0 saturated carbocycles. The number of nitrogens with zero attached hydrogens (tertiary/aromatic N) is 2. The Morgan fingerprint density at radius 1 is 1.27 bits per heavy atom. The second-order valence-corrected chi connectivity index (χ2v) is 3.62. The van der Waals surface area contributed by atoms with E-state index < -0.39 is 11.2 Å². The Bertz CT molecular complexity index is 451. The van der Waals surface area contributed by atoms with Crippen molar-refractivity contribution in [1.82, 2.24) is 0 Å². The Hall–Kier alpha value is -1.84. The number of hydrogen-bond acceptors (Lipinski definition) is 3. The average Bonchev–Trinajstić information content (AvgIpc) is 2.28. The third kappa shape index (κ3) is 2.15. The standard InChI is InChI=1S/C11H7ClN2O/c1-11(6-13,7-14)10(15)8-2-4-9(12)5-3-8/h2-5H,1H3. The molecule has 4 heteroatoms. The fraction of sp³-hybridized carbons (Fsp3) is 0.182. The molecule has 0 unspecified atom stereocenters. The molecule has 1 aromatic rings. The van der Waals surface area contributed by atoms with Gasteiger partial charge in [-0.15, -0.1) is 0 Å². The monoisotopic (exact) mass is 218 g/mol. The van der Waals surface area contributed by atoms with E-state index in [1.807, 2.05) is 0 Å². The third-order valence-electron chi connectivity index (χ3n) is 2.01. The summed E-state index contributed by atoms with van der Waals surface area (Å²) in [6, 6.07) is 9.48. The molecule has 0 aliphatic rings. The van der Waals surface area contributed by atoms with Gasteiger partial charge in [-0.05, 0) is 31.2 Å². The molecule has 74 valence electrons. The highest BCUT2D eigenvalue weighted by molar-refractivity contribution is 6.30. The van der Waals surface area contributed by atoms with Crippen molar-refractivity contribution in [1.29, 1.82) is 10.5 Å². The van der Waals surface area contributed by atoms with Crippen molar-refractivity contribution in [3.8, 4) is 12.1 Å². The van der Waals surface area contributed by atoms with Gasteiger partial charge in [0, 0.05) is 10.6 Å². The van der Waals surface area contributed by atoms with Gasteiger partial charge in [-0.2, -0.15) is 10.5 Å². The van der Waals surface area contributed by atoms with Gasteiger partial charge in [-0.25, -0.2) is 0 Å². The van der Waals surface area contributed by atoms with Gasteiger partial charge in [0.25, 0.3) is 0 Å². The lowest BCUT2D eigenvalue weighted by atomic mass is 9.85. The Morgan fingerprint density at radius 3 is 2.13 bits per heavy atom. The van der Waals surface area contributed by atoms with Crippen LogP contribution in [0.15, 0.2) is 24.3 Å². The van der Waals surface area contributed by atoms with Crippen LogP contribution in [0, 0.1) is 28.1 Å². The van der Waals surface area contributed by atoms with E-state index in [-0.39, 0.29) is 0 Å². The molecule has 0 aliphatic carbocycles. The first-order chi connectivity index (χ1) is 7.03. The molecule has 0 aromatic heterocycles. The van der Waals surface area contributed by atoms with Crippen molar-refractivity contribution < 1.29 is 4.79 Å². The summed E-state index contributed by atoms with van der Waals surface area (Å²) < 4.78 is 0. The first kappa shape index (κ1) is 11.2. The van der Waals surface area contributed by atoms with E-state index in [1.165, 1.54) is 19.1 Å². The van der Waals surface area contributed by atoms with Crippen LogP contribution in [-0.4, -0.2) is 5.78 Å². The number of rotatable bonds is 2. The number of benzene rings is 1. The molecule has 0 saturated heterocycles. The van der Waals surface area contributed by atoms with Crippen LogP contribution in [0.2, 0.25) is 5.02 Å². The van der Waals surface area contributed by atoms with Gasteiger partial charge in [0.1, 0.15) is 0 Å². The Balaban J connectivity index is 3.12. The minimum Gasteiger partial charge on any atom is -0.291 e. The number of Topliss-reactive ketones (excluding diaryl/α,β-unsaturated/α-hetero) is 1. The largest absolute Gasteiger partial charge is 0.291 e. The van der Waals surface area contributed by atoms with Crippen LogP contribution in [0.4, 0.5) is 0 Å². The first-order valence-electron chi connectivity index (χ1n) is 4.16. The molecular formula is C11H7ClN2O. The summed E-state index contributed by atoms with van der Waals surface area (Å²) in [5.41, 5.74) is -1.32. The molecule has 0 N–H and O–H groups in total. The predicted octanol–water partition coefficient (Wildman–Crippen LogP) is 2.58. The van der Waals surface area contributed by atoms with E-state index in [1.54, 1.807) is 24.3 Å². The highest BCUT2D eigenvalue weighted by Crippen LogP contribution is 2.21. The van der Waals surface area contributed by atoms with Gasteiger partial charge in [0.05, 0.1) is 12.1 Å². The lowest BCUT2D eigenvalue weighted by Crippen LogP contribution is -2.24. The van der Waals surface area contributed by atoms with Gasteiger partial charge in [-0.3, -0.25) is 4.79 Å². The van der Waals surface area contributed by atoms with E-state index in [9.17, 15) is 4.79 Å². The summed E-state index contributed by atoms with van der Waals surface area (Å²) in [7, 11) is 0. The molecule has 0 amide bonds. The average molecular weight is 219 g/mol. The molecule has 1 aromatic carbocycles. The van der Waals surface area contributed by atoms with E-state index in [0.29, 0.717) is 10.6 Å².